The maximum absolute atomic E-state index is 2.42. The van der Waals surface area contributed by atoms with Gasteiger partial charge in [-0.15, -0.1) is 0 Å². The quantitative estimate of drug-likeness (QED) is 0.197. The van der Waals surface area contributed by atoms with Crippen LogP contribution in [-0.4, -0.2) is 0 Å². The Labute approximate surface area is 194 Å². The van der Waals surface area contributed by atoms with Gasteiger partial charge in [0, 0.05) is 0 Å². The van der Waals surface area contributed by atoms with E-state index >= 15 is 0 Å². The summed E-state index contributed by atoms with van der Waals surface area (Å²) in [5.41, 5.74) is 1.61. The number of fused-ring (bicyclic) bond motifs is 1. The third-order valence-electron chi connectivity index (χ3n) is 7.08. The highest BCUT2D eigenvalue weighted by molar-refractivity contribution is 5.86. The van der Waals surface area contributed by atoms with E-state index < -0.39 is 0 Å². The van der Waals surface area contributed by atoms with E-state index in [-0.39, 0.29) is 0 Å². The summed E-state index contributed by atoms with van der Waals surface area (Å²) in [6.07, 6.45) is 25.5. The van der Waals surface area contributed by atoms with Crippen LogP contribution in [0.25, 0.3) is 10.8 Å². The molecule has 0 atom stereocenters. The standard InChI is InChI=1S/C31H50/c1-3-5-7-9-11-13-15-17-22-28(23-18-16-14-12-10-8-6-4-2)31-27-21-25-29-24-19-20-26-30(29)31/h19-21,24-28H,3-18,22-23H2,1-2H3. The van der Waals surface area contributed by atoms with Crippen LogP contribution in [0.4, 0.5) is 0 Å². The maximum atomic E-state index is 2.42. The third-order valence-corrected chi connectivity index (χ3v) is 7.08. The largest absolute Gasteiger partial charge is 0.0654 e. The molecule has 0 amide bonds. The van der Waals surface area contributed by atoms with Gasteiger partial charge in [0.1, 0.15) is 0 Å². The van der Waals surface area contributed by atoms with Gasteiger partial charge >= 0.3 is 0 Å². The normalized spacial score (nSPS) is 11.6. The number of hydrogen-bond acceptors (Lipinski definition) is 0. The Hall–Kier alpha value is -1.30. The van der Waals surface area contributed by atoms with Gasteiger partial charge in [-0.2, -0.15) is 0 Å². The summed E-state index contributed by atoms with van der Waals surface area (Å²) in [5.74, 6) is 0.742. The van der Waals surface area contributed by atoms with E-state index in [9.17, 15) is 0 Å². The molecule has 2 aromatic rings. The SMILES string of the molecule is CCCCCCCCCCC(CCCCCCCCCC)c1cccc2ccccc12. The molecule has 2 aromatic carbocycles. The van der Waals surface area contributed by atoms with Gasteiger partial charge in [0.25, 0.3) is 0 Å². The number of unbranched alkanes of at least 4 members (excludes halogenated alkanes) is 14. The smallest absolute Gasteiger partial charge is 0.0149 e. The van der Waals surface area contributed by atoms with Crippen LogP contribution in [-0.2, 0) is 0 Å². The highest BCUT2D eigenvalue weighted by atomic mass is 14.2. The average molecular weight is 423 g/mol. The van der Waals surface area contributed by atoms with Gasteiger partial charge in [0.05, 0.1) is 0 Å². The first kappa shape index (κ1) is 26.0. The molecule has 0 unspecified atom stereocenters. The van der Waals surface area contributed by atoms with Crippen LogP contribution in [0.3, 0.4) is 0 Å². The second-order valence-electron chi connectivity index (χ2n) is 9.79. The van der Waals surface area contributed by atoms with Crippen LogP contribution in [0, 0.1) is 0 Å². The van der Waals surface area contributed by atoms with E-state index in [0.717, 1.165) is 5.92 Å². The molecule has 0 saturated carbocycles. The molecule has 0 saturated heterocycles. The summed E-state index contributed by atoms with van der Waals surface area (Å²) in [5, 5.41) is 2.91. The van der Waals surface area contributed by atoms with E-state index in [0.29, 0.717) is 0 Å². The van der Waals surface area contributed by atoms with Gasteiger partial charge in [-0.1, -0.05) is 159 Å². The summed E-state index contributed by atoms with van der Waals surface area (Å²) in [4.78, 5) is 0. The highest BCUT2D eigenvalue weighted by Gasteiger charge is 2.14. The van der Waals surface area contributed by atoms with E-state index in [1.165, 1.54) is 126 Å². The molecule has 0 fully saturated rings. The van der Waals surface area contributed by atoms with Gasteiger partial charge in [-0.05, 0) is 35.1 Å². The van der Waals surface area contributed by atoms with Crippen LogP contribution < -0.4 is 0 Å². The minimum Gasteiger partial charge on any atom is -0.0654 e. The van der Waals surface area contributed by atoms with E-state index in [2.05, 4.69) is 56.3 Å². The van der Waals surface area contributed by atoms with Crippen molar-refractivity contribution in [1.82, 2.24) is 0 Å². The molecule has 0 heteroatoms. The van der Waals surface area contributed by atoms with Crippen LogP contribution in [0.5, 0.6) is 0 Å². The van der Waals surface area contributed by atoms with Crippen molar-refractivity contribution < 1.29 is 0 Å². The predicted molar refractivity (Wildman–Crippen MR) is 141 cm³/mol. The van der Waals surface area contributed by atoms with Crippen molar-refractivity contribution >= 4 is 10.8 Å². The lowest BCUT2D eigenvalue weighted by Gasteiger charge is -2.20. The Kier molecular flexibility index (Phi) is 14.5. The average Bonchev–Trinajstić information content (AvgIpc) is 2.81. The van der Waals surface area contributed by atoms with Gasteiger partial charge in [0.15, 0.2) is 0 Å². The molecule has 174 valence electrons. The molecule has 31 heavy (non-hydrogen) atoms. The minimum atomic E-state index is 0.742. The van der Waals surface area contributed by atoms with Crippen molar-refractivity contribution in [1.29, 1.82) is 0 Å². The second-order valence-corrected chi connectivity index (χ2v) is 9.79. The van der Waals surface area contributed by atoms with Crippen molar-refractivity contribution in [3.63, 3.8) is 0 Å². The van der Waals surface area contributed by atoms with Crippen molar-refractivity contribution in [2.24, 2.45) is 0 Å². The molecule has 0 N–H and O–H groups in total. The number of hydrogen-bond donors (Lipinski definition) is 0. The lowest BCUT2D eigenvalue weighted by atomic mass is 9.85. The van der Waals surface area contributed by atoms with Crippen LogP contribution in [0.15, 0.2) is 42.5 Å². The molecule has 0 heterocycles. The fraction of sp³-hybridized carbons (Fsp3) is 0.677. The van der Waals surface area contributed by atoms with Gasteiger partial charge in [-0.3, -0.25) is 0 Å². The van der Waals surface area contributed by atoms with Gasteiger partial charge < -0.3 is 0 Å². The Bertz CT molecular complexity index is 645. The summed E-state index contributed by atoms with van der Waals surface area (Å²) in [6, 6.07) is 16.0. The summed E-state index contributed by atoms with van der Waals surface area (Å²) in [7, 11) is 0. The third kappa shape index (κ3) is 10.7. The second kappa shape index (κ2) is 17.3. The maximum Gasteiger partial charge on any atom is -0.0149 e. The Morgan fingerprint density at radius 1 is 0.484 bits per heavy atom. The van der Waals surface area contributed by atoms with E-state index in [1.807, 2.05) is 0 Å². The topological polar surface area (TPSA) is 0 Å². The summed E-state index contributed by atoms with van der Waals surface area (Å²) >= 11 is 0. The Morgan fingerprint density at radius 3 is 1.48 bits per heavy atom. The monoisotopic (exact) mass is 422 g/mol. The van der Waals surface area contributed by atoms with Crippen LogP contribution >= 0.6 is 0 Å². The summed E-state index contributed by atoms with van der Waals surface area (Å²) in [6.45, 7) is 4.61. The molecule has 2 rings (SSSR count). The first-order chi connectivity index (χ1) is 15.4. The first-order valence-electron chi connectivity index (χ1n) is 13.8. The Balaban J connectivity index is 1.81. The zero-order valence-corrected chi connectivity index (χ0v) is 20.8. The van der Waals surface area contributed by atoms with Gasteiger partial charge in [0.2, 0.25) is 0 Å². The van der Waals surface area contributed by atoms with Crippen molar-refractivity contribution in [3.05, 3.63) is 48.0 Å². The molecule has 0 aliphatic rings. The molecule has 0 aliphatic carbocycles. The number of rotatable bonds is 19. The van der Waals surface area contributed by atoms with Crippen LogP contribution in [0.1, 0.15) is 141 Å². The van der Waals surface area contributed by atoms with Crippen molar-refractivity contribution in [3.8, 4) is 0 Å². The molecule has 0 bridgehead atoms. The van der Waals surface area contributed by atoms with Gasteiger partial charge in [-0.25, -0.2) is 0 Å². The fourth-order valence-corrected chi connectivity index (χ4v) is 5.11. The van der Waals surface area contributed by atoms with Crippen molar-refractivity contribution in [2.45, 2.75) is 135 Å². The molecule has 0 aliphatic heterocycles. The zero-order valence-electron chi connectivity index (χ0n) is 20.8. The van der Waals surface area contributed by atoms with E-state index in [4.69, 9.17) is 0 Å². The predicted octanol–water partition coefficient (Wildman–Crippen LogP) is 11.0. The lowest BCUT2D eigenvalue weighted by Crippen LogP contribution is -2.01. The molecule has 0 spiro atoms. The number of benzene rings is 2. The summed E-state index contributed by atoms with van der Waals surface area (Å²) < 4.78 is 0. The van der Waals surface area contributed by atoms with E-state index in [1.54, 1.807) is 5.56 Å². The molecular weight excluding hydrogens is 372 g/mol. The zero-order chi connectivity index (χ0) is 22.0. The molecule has 0 radical (unpaired) electrons. The molecule has 0 aromatic heterocycles. The molecular formula is C31H50. The minimum absolute atomic E-state index is 0.742. The van der Waals surface area contributed by atoms with Crippen LogP contribution in [0.2, 0.25) is 0 Å². The van der Waals surface area contributed by atoms with Crippen molar-refractivity contribution in [2.75, 3.05) is 0 Å². The first-order valence-corrected chi connectivity index (χ1v) is 13.8. The fourth-order valence-electron chi connectivity index (χ4n) is 5.11. The molecule has 0 nitrogen and oxygen atoms in total. The lowest BCUT2D eigenvalue weighted by molar-refractivity contribution is 0.484. The highest BCUT2D eigenvalue weighted by Crippen LogP contribution is 2.33. The Morgan fingerprint density at radius 2 is 0.935 bits per heavy atom.